The van der Waals surface area contributed by atoms with Crippen molar-refractivity contribution in [2.75, 3.05) is 7.05 Å². The lowest BCUT2D eigenvalue weighted by atomic mass is 10.1. The van der Waals surface area contributed by atoms with Crippen molar-refractivity contribution in [2.24, 2.45) is 0 Å². The molecule has 2 rings (SSSR count). The summed E-state index contributed by atoms with van der Waals surface area (Å²) in [5.41, 5.74) is 0.893. The molecule has 1 aromatic heterocycles. The number of halogens is 3. The molecular weight excluding hydrogens is 327 g/mol. The van der Waals surface area contributed by atoms with Gasteiger partial charge in [0.15, 0.2) is 5.69 Å². The number of benzene rings is 1. The summed E-state index contributed by atoms with van der Waals surface area (Å²) >= 11 is 0. The second-order valence-corrected chi connectivity index (χ2v) is 5.18. The number of hydrogen-bond acceptors (Lipinski definition) is 2. The molecule has 0 aliphatic rings. The molecule has 25 heavy (non-hydrogen) atoms. The summed E-state index contributed by atoms with van der Waals surface area (Å²) in [6.07, 6.45) is -3.36. The van der Waals surface area contributed by atoms with E-state index in [1.807, 2.05) is 60.7 Å². The maximum atomic E-state index is 12.8. The number of nitrogens with zero attached hydrogens (tertiary/aromatic N) is 2. The average Bonchev–Trinajstić information content (AvgIpc) is 3.05. The lowest BCUT2D eigenvalue weighted by Gasteiger charge is -2.11. The molecule has 3 nitrogen and oxygen atoms in total. The molecule has 0 saturated carbocycles. The predicted molar refractivity (Wildman–Crippen MR) is 98.5 cm³/mol. The van der Waals surface area contributed by atoms with E-state index < -0.39 is 11.9 Å². The molecule has 1 N–H and O–H groups in total. The van der Waals surface area contributed by atoms with Crippen LogP contribution in [0.1, 0.15) is 58.8 Å². The van der Waals surface area contributed by atoms with Crippen LogP contribution in [0, 0.1) is 0 Å². The Kier molecular flexibility index (Phi) is 10.1. The molecule has 6 heteroatoms. The second-order valence-electron chi connectivity index (χ2n) is 5.18. The fourth-order valence-corrected chi connectivity index (χ4v) is 2.11. The molecule has 1 aromatic carbocycles. The number of hydrogen-bond donors (Lipinski definition) is 1. The van der Waals surface area contributed by atoms with E-state index in [4.69, 9.17) is 0 Å². The quantitative estimate of drug-likeness (QED) is 0.736. The van der Waals surface area contributed by atoms with Crippen molar-refractivity contribution in [3.63, 3.8) is 0 Å². The topological polar surface area (TPSA) is 29.9 Å². The third kappa shape index (κ3) is 6.53. The number of alkyl halides is 3. The van der Waals surface area contributed by atoms with Gasteiger partial charge in [-0.15, -0.1) is 0 Å². The summed E-state index contributed by atoms with van der Waals surface area (Å²) in [5.74, 6) is 0.341. The number of imidazole rings is 1. The minimum Gasteiger partial charge on any atom is -0.328 e. The van der Waals surface area contributed by atoms with Gasteiger partial charge < -0.3 is 9.88 Å². The molecule has 0 atom stereocenters. The molecule has 0 saturated heterocycles. The minimum absolute atomic E-state index is 0.0967. The van der Waals surface area contributed by atoms with Crippen molar-refractivity contribution in [1.82, 2.24) is 14.9 Å². The van der Waals surface area contributed by atoms with Gasteiger partial charge in [-0.1, -0.05) is 52.0 Å². The van der Waals surface area contributed by atoms with Crippen LogP contribution in [0.5, 0.6) is 0 Å². The molecule has 0 amide bonds. The van der Waals surface area contributed by atoms with Gasteiger partial charge in [0.25, 0.3) is 0 Å². The monoisotopic (exact) mass is 357 g/mol. The maximum Gasteiger partial charge on any atom is 0.434 e. The van der Waals surface area contributed by atoms with Gasteiger partial charge in [-0.3, -0.25) is 0 Å². The van der Waals surface area contributed by atoms with Crippen molar-refractivity contribution in [1.29, 1.82) is 0 Å². The van der Waals surface area contributed by atoms with E-state index >= 15 is 0 Å². The Labute approximate surface area is 149 Å². The molecule has 0 fully saturated rings. The van der Waals surface area contributed by atoms with Gasteiger partial charge in [-0.25, -0.2) is 4.98 Å². The first-order valence-electron chi connectivity index (χ1n) is 8.73. The van der Waals surface area contributed by atoms with E-state index in [2.05, 4.69) is 10.3 Å². The highest BCUT2D eigenvalue weighted by Crippen LogP contribution is 2.32. The Morgan fingerprint density at radius 1 is 1.04 bits per heavy atom. The first kappa shape index (κ1) is 23.2. The molecule has 1 heterocycles. The van der Waals surface area contributed by atoms with Gasteiger partial charge >= 0.3 is 6.18 Å². The number of rotatable bonds is 4. The minimum atomic E-state index is -4.43. The third-order valence-electron chi connectivity index (χ3n) is 3.17. The SMILES string of the molecule is CC.CC.CNCc1ccc(-c2nc(C(F)(F)F)cn2C(C)C)cc1. The highest BCUT2D eigenvalue weighted by atomic mass is 19.4. The van der Waals surface area contributed by atoms with Crippen LogP contribution in [0.4, 0.5) is 13.2 Å². The average molecular weight is 357 g/mol. The van der Waals surface area contributed by atoms with Crippen LogP contribution in [0.3, 0.4) is 0 Å². The normalized spacial score (nSPS) is 10.7. The van der Waals surface area contributed by atoms with E-state index in [9.17, 15) is 13.2 Å². The van der Waals surface area contributed by atoms with E-state index in [0.29, 0.717) is 17.9 Å². The van der Waals surface area contributed by atoms with E-state index in [0.717, 1.165) is 11.8 Å². The van der Waals surface area contributed by atoms with Crippen molar-refractivity contribution < 1.29 is 13.2 Å². The third-order valence-corrected chi connectivity index (χ3v) is 3.17. The summed E-state index contributed by atoms with van der Waals surface area (Å²) < 4.78 is 40.1. The van der Waals surface area contributed by atoms with Crippen LogP contribution < -0.4 is 5.32 Å². The Morgan fingerprint density at radius 2 is 1.56 bits per heavy atom. The maximum absolute atomic E-state index is 12.8. The van der Waals surface area contributed by atoms with Gasteiger partial charge in [-0.05, 0) is 26.5 Å². The van der Waals surface area contributed by atoms with E-state index in [-0.39, 0.29) is 6.04 Å². The van der Waals surface area contributed by atoms with Gasteiger partial charge in [0.05, 0.1) is 0 Å². The van der Waals surface area contributed by atoms with Crippen LogP contribution in [0.2, 0.25) is 0 Å². The second kappa shape index (κ2) is 10.9. The summed E-state index contributed by atoms with van der Waals surface area (Å²) in [4.78, 5) is 3.77. The van der Waals surface area contributed by atoms with Gasteiger partial charge in [-0.2, -0.15) is 13.2 Å². The molecule has 2 aromatic rings. The number of aromatic nitrogens is 2. The van der Waals surface area contributed by atoms with Gasteiger partial charge in [0, 0.05) is 24.3 Å². The largest absolute Gasteiger partial charge is 0.434 e. The molecule has 0 aliphatic heterocycles. The fraction of sp³-hybridized carbons (Fsp3) is 0.526. The zero-order valence-corrected chi connectivity index (χ0v) is 16.2. The summed E-state index contributed by atoms with van der Waals surface area (Å²) in [5, 5.41) is 3.03. The molecule has 0 unspecified atom stereocenters. The van der Waals surface area contributed by atoms with Crippen LogP contribution in [-0.2, 0) is 12.7 Å². The summed E-state index contributed by atoms with van der Waals surface area (Å²) in [7, 11) is 1.84. The molecule has 0 aliphatic carbocycles. The smallest absolute Gasteiger partial charge is 0.328 e. The zero-order chi connectivity index (χ0) is 19.6. The van der Waals surface area contributed by atoms with Crippen LogP contribution in [-0.4, -0.2) is 16.6 Å². The lowest BCUT2D eigenvalue weighted by molar-refractivity contribution is -0.140. The first-order chi connectivity index (χ1) is 11.8. The van der Waals surface area contributed by atoms with Crippen LogP contribution in [0.15, 0.2) is 30.5 Å². The fourth-order valence-electron chi connectivity index (χ4n) is 2.11. The molecular formula is C19H30F3N3. The van der Waals surface area contributed by atoms with Crippen LogP contribution in [0.25, 0.3) is 11.4 Å². The Hall–Kier alpha value is -1.82. The molecule has 142 valence electrons. The molecule has 0 bridgehead atoms. The summed E-state index contributed by atoms with van der Waals surface area (Å²) in [6, 6.07) is 7.28. The standard InChI is InChI=1S/C15H18F3N3.2C2H6/c1-10(2)21-9-13(15(16,17)18)20-14(21)12-6-4-11(5-7-12)8-19-3;2*1-2/h4-7,9-10,19H,8H2,1-3H3;2*1-2H3. The van der Waals surface area contributed by atoms with Gasteiger partial charge in [0.2, 0.25) is 0 Å². The van der Waals surface area contributed by atoms with Crippen molar-refractivity contribution >= 4 is 0 Å². The van der Waals surface area contributed by atoms with Crippen molar-refractivity contribution in [3.05, 3.63) is 41.7 Å². The highest BCUT2D eigenvalue weighted by Gasteiger charge is 2.35. The predicted octanol–water partition coefficient (Wildman–Crippen LogP) is 5.92. The lowest BCUT2D eigenvalue weighted by Crippen LogP contribution is -2.05. The van der Waals surface area contributed by atoms with Gasteiger partial charge in [0.1, 0.15) is 5.82 Å². The van der Waals surface area contributed by atoms with Crippen molar-refractivity contribution in [3.8, 4) is 11.4 Å². The zero-order valence-electron chi connectivity index (χ0n) is 16.2. The van der Waals surface area contributed by atoms with E-state index in [1.54, 1.807) is 16.7 Å². The number of nitrogens with one attached hydrogen (secondary N) is 1. The van der Waals surface area contributed by atoms with Crippen LogP contribution >= 0.6 is 0 Å². The highest BCUT2D eigenvalue weighted by molar-refractivity contribution is 5.57. The summed E-state index contributed by atoms with van der Waals surface area (Å²) in [6.45, 7) is 12.4. The van der Waals surface area contributed by atoms with E-state index in [1.165, 1.54) is 0 Å². The Bertz CT molecular complexity index is 599. The Morgan fingerprint density at radius 3 is 1.96 bits per heavy atom. The Balaban J connectivity index is 0.00000134. The molecule has 0 radical (unpaired) electrons. The molecule has 0 spiro atoms. The first-order valence-corrected chi connectivity index (χ1v) is 8.73. The van der Waals surface area contributed by atoms with Crippen molar-refractivity contribution in [2.45, 2.75) is 60.3 Å².